The molecule has 0 saturated heterocycles. The number of benzene rings is 1. The Labute approximate surface area is 124 Å². The van der Waals surface area contributed by atoms with Crippen molar-refractivity contribution >= 4 is 23.1 Å². The number of halogens is 1. The summed E-state index contributed by atoms with van der Waals surface area (Å²) < 4.78 is 0. The van der Waals surface area contributed by atoms with E-state index in [1.54, 1.807) is 12.3 Å². The fraction of sp³-hybridized carbons (Fsp3) is 0.250. The highest BCUT2D eigenvalue weighted by Gasteiger charge is 2.15. The lowest BCUT2D eigenvalue weighted by Gasteiger charge is -2.27. The second-order valence-electron chi connectivity index (χ2n) is 4.77. The maximum Gasteiger partial charge on any atom is 0.178 e. The van der Waals surface area contributed by atoms with Gasteiger partial charge in [-0.25, -0.2) is 0 Å². The van der Waals surface area contributed by atoms with Crippen LogP contribution in [0, 0.1) is 0 Å². The molecule has 1 aromatic heterocycles. The van der Waals surface area contributed by atoms with E-state index in [1.165, 1.54) is 6.92 Å². The maximum absolute atomic E-state index is 11.2. The van der Waals surface area contributed by atoms with Crippen LogP contribution in [0.1, 0.15) is 35.9 Å². The number of hydrogen-bond donors (Lipinski definition) is 0. The van der Waals surface area contributed by atoms with Gasteiger partial charge in [0.2, 0.25) is 0 Å². The Morgan fingerprint density at radius 3 is 2.50 bits per heavy atom. The monoisotopic (exact) mass is 288 g/mol. The maximum atomic E-state index is 11.2. The predicted octanol–water partition coefficient (Wildman–Crippen LogP) is 4.14. The minimum Gasteiger partial charge on any atom is -0.367 e. The van der Waals surface area contributed by atoms with Gasteiger partial charge in [-0.15, -0.1) is 0 Å². The third-order valence-electron chi connectivity index (χ3n) is 3.45. The Kier molecular flexibility index (Phi) is 4.40. The number of hydrogen-bond acceptors (Lipinski definition) is 3. The third-order valence-corrected chi connectivity index (χ3v) is 3.80. The Morgan fingerprint density at radius 1 is 1.25 bits per heavy atom. The molecular weight excluding hydrogens is 272 g/mol. The number of Topliss-reactive ketones (excluding diaryl/α,β-unsaturated/α-hetero) is 1. The molecule has 0 spiro atoms. The number of nitrogens with zero attached hydrogens (tertiary/aromatic N) is 2. The molecule has 0 aliphatic rings. The minimum absolute atomic E-state index is 0.0293. The largest absolute Gasteiger partial charge is 0.367 e. The van der Waals surface area contributed by atoms with Gasteiger partial charge in [0.05, 0.1) is 17.9 Å². The van der Waals surface area contributed by atoms with Gasteiger partial charge in [0.15, 0.2) is 5.78 Å². The smallest absolute Gasteiger partial charge is 0.178 e. The van der Waals surface area contributed by atoms with Gasteiger partial charge >= 0.3 is 0 Å². The van der Waals surface area contributed by atoms with Crippen LogP contribution in [0.5, 0.6) is 0 Å². The van der Waals surface area contributed by atoms with Gasteiger partial charge in [-0.3, -0.25) is 9.78 Å². The van der Waals surface area contributed by atoms with Crippen molar-refractivity contribution in [2.24, 2.45) is 0 Å². The second kappa shape index (κ2) is 6.06. The molecule has 0 aliphatic carbocycles. The molecule has 0 amide bonds. The van der Waals surface area contributed by atoms with Crippen molar-refractivity contribution in [1.82, 2.24) is 4.98 Å². The first-order valence-electron chi connectivity index (χ1n) is 6.45. The zero-order valence-electron chi connectivity index (χ0n) is 11.8. The van der Waals surface area contributed by atoms with Crippen molar-refractivity contribution in [1.29, 1.82) is 0 Å². The lowest BCUT2D eigenvalue weighted by atomic mass is 10.1. The normalized spacial score (nSPS) is 12.0. The lowest BCUT2D eigenvalue weighted by molar-refractivity contribution is 0.101. The van der Waals surface area contributed by atoms with Gasteiger partial charge in [-0.2, -0.15) is 0 Å². The van der Waals surface area contributed by atoms with Crippen LogP contribution in [0.25, 0.3) is 0 Å². The molecule has 0 aliphatic heterocycles. The van der Waals surface area contributed by atoms with Gasteiger partial charge in [0, 0.05) is 19.0 Å². The SMILES string of the molecule is CC(=O)c1ccc(N(C)C(C)c2ccccc2Cl)cn1. The summed E-state index contributed by atoms with van der Waals surface area (Å²) in [5.41, 5.74) is 2.49. The van der Waals surface area contributed by atoms with Crippen molar-refractivity contribution in [2.75, 3.05) is 11.9 Å². The van der Waals surface area contributed by atoms with Crippen LogP contribution in [0.4, 0.5) is 5.69 Å². The van der Waals surface area contributed by atoms with Crippen molar-refractivity contribution in [2.45, 2.75) is 19.9 Å². The summed E-state index contributed by atoms with van der Waals surface area (Å²) in [4.78, 5) is 17.5. The summed E-state index contributed by atoms with van der Waals surface area (Å²) >= 11 is 6.23. The van der Waals surface area contributed by atoms with Gasteiger partial charge < -0.3 is 4.90 Å². The van der Waals surface area contributed by atoms with E-state index < -0.39 is 0 Å². The Hall–Kier alpha value is -1.87. The van der Waals surface area contributed by atoms with Crippen molar-refractivity contribution < 1.29 is 4.79 Å². The molecule has 0 saturated carbocycles. The van der Waals surface area contributed by atoms with Gasteiger partial charge in [0.1, 0.15) is 5.69 Å². The number of aromatic nitrogens is 1. The van der Waals surface area contributed by atoms with E-state index in [1.807, 2.05) is 37.4 Å². The van der Waals surface area contributed by atoms with E-state index in [0.29, 0.717) is 5.69 Å². The molecule has 0 radical (unpaired) electrons. The molecule has 4 heteroatoms. The molecule has 3 nitrogen and oxygen atoms in total. The fourth-order valence-electron chi connectivity index (χ4n) is 2.05. The molecule has 0 N–H and O–H groups in total. The number of carbonyl (C=O) groups excluding carboxylic acids is 1. The summed E-state index contributed by atoms with van der Waals surface area (Å²) in [7, 11) is 1.98. The summed E-state index contributed by atoms with van der Waals surface area (Å²) in [6.07, 6.45) is 1.71. The topological polar surface area (TPSA) is 33.2 Å². The second-order valence-corrected chi connectivity index (χ2v) is 5.17. The molecule has 0 fully saturated rings. The Bertz CT molecular complexity index is 610. The van der Waals surface area contributed by atoms with Crippen LogP contribution in [-0.4, -0.2) is 17.8 Å². The first-order chi connectivity index (χ1) is 9.50. The predicted molar refractivity (Wildman–Crippen MR) is 82.5 cm³/mol. The highest BCUT2D eigenvalue weighted by atomic mass is 35.5. The van der Waals surface area contributed by atoms with Crippen LogP contribution in [0.15, 0.2) is 42.6 Å². The quantitative estimate of drug-likeness (QED) is 0.793. The van der Waals surface area contributed by atoms with Crippen LogP contribution < -0.4 is 4.90 Å². The summed E-state index contributed by atoms with van der Waals surface area (Å²) in [6.45, 7) is 3.60. The van der Waals surface area contributed by atoms with E-state index >= 15 is 0 Å². The molecule has 1 unspecified atom stereocenters. The molecule has 20 heavy (non-hydrogen) atoms. The van der Waals surface area contributed by atoms with E-state index in [4.69, 9.17) is 11.6 Å². The van der Waals surface area contributed by atoms with Gasteiger partial charge in [0.25, 0.3) is 0 Å². The molecule has 2 rings (SSSR count). The van der Waals surface area contributed by atoms with Crippen LogP contribution in [0.2, 0.25) is 5.02 Å². The highest BCUT2D eigenvalue weighted by Crippen LogP contribution is 2.29. The average Bonchev–Trinajstić information content (AvgIpc) is 2.46. The lowest BCUT2D eigenvalue weighted by Crippen LogP contribution is -2.22. The summed E-state index contributed by atoms with van der Waals surface area (Å²) in [5.74, 6) is -0.0293. The summed E-state index contributed by atoms with van der Waals surface area (Å²) in [5, 5.41) is 0.750. The molecule has 1 atom stereocenters. The molecule has 104 valence electrons. The fourth-order valence-corrected chi connectivity index (χ4v) is 2.34. The molecular formula is C16H17ClN2O. The first-order valence-corrected chi connectivity index (χ1v) is 6.82. The number of anilines is 1. The molecule has 1 heterocycles. The molecule has 2 aromatic rings. The minimum atomic E-state index is -0.0293. The van der Waals surface area contributed by atoms with Crippen LogP contribution in [-0.2, 0) is 0 Å². The van der Waals surface area contributed by atoms with E-state index in [0.717, 1.165) is 16.3 Å². The number of ketones is 1. The van der Waals surface area contributed by atoms with Crippen molar-refractivity contribution in [3.8, 4) is 0 Å². The third kappa shape index (κ3) is 2.99. The number of rotatable bonds is 4. The zero-order valence-corrected chi connectivity index (χ0v) is 12.6. The highest BCUT2D eigenvalue weighted by molar-refractivity contribution is 6.31. The zero-order chi connectivity index (χ0) is 14.7. The van der Waals surface area contributed by atoms with Crippen molar-refractivity contribution in [3.63, 3.8) is 0 Å². The van der Waals surface area contributed by atoms with Crippen LogP contribution >= 0.6 is 11.6 Å². The van der Waals surface area contributed by atoms with E-state index in [9.17, 15) is 4.79 Å². The van der Waals surface area contributed by atoms with Crippen LogP contribution in [0.3, 0.4) is 0 Å². The van der Waals surface area contributed by atoms with Gasteiger partial charge in [-0.1, -0.05) is 29.8 Å². The Morgan fingerprint density at radius 2 is 1.95 bits per heavy atom. The van der Waals surface area contributed by atoms with E-state index in [-0.39, 0.29) is 11.8 Å². The molecule has 0 bridgehead atoms. The number of pyridine rings is 1. The number of carbonyl (C=O) groups is 1. The van der Waals surface area contributed by atoms with E-state index in [2.05, 4.69) is 16.8 Å². The van der Waals surface area contributed by atoms with Crippen molar-refractivity contribution in [3.05, 3.63) is 58.9 Å². The average molecular weight is 289 g/mol. The van der Waals surface area contributed by atoms with Gasteiger partial charge in [-0.05, 0) is 30.7 Å². The Balaban J connectivity index is 2.24. The molecule has 1 aromatic carbocycles. The summed E-state index contributed by atoms with van der Waals surface area (Å²) in [6, 6.07) is 11.6. The first kappa shape index (κ1) is 14.5. The standard InChI is InChI=1S/C16H17ClN2O/c1-11(14-6-4-5-7-15(14)17)19(3)13-8-9-16(12(2)20)18-10-13/h4-11H,1-3H3.